The summed E-state index contributed by atoms with van der Waals surface area (Å²) in [5.41, 5.74) is 3.47. The number of aromatic nitrogens is 2. The number of benzene rings is 3. The van der Waals surface area contributed by atoms with Gasteiger partial charge in [0.15, 0.2) is 0 Å². The summed E-state index contributed by atoms with van der Waals surface area (Å²) in [5.74, 6) is 0.635. The highest BCUT2D eigenvalue weighted by Crippen LogP contribution is 2.28. The SMILES string of the molecule is COc1ccc2nc(COc3ccc(CCC(=O)O)c(OCc4ccc(C(=O)O)cc4)c3)n(C)c2c1. The van der Waals surface area contributed by atoms with Crippen LogP contribution in [-0.2, 0) is 31.5 Å². The first-order chi connectivity index (χ1) is 17.3. The average Bonchev–Trinajstić information content (AvgIpc) is 3.20. The van der Waals surface area contributed by atoms with Crippen molar-refractivity contribution in [2.24, 2.45) is 7.05 Å². The van der Waals surface area contributed by atoms with Gasteiger partial charge in [0.05, 0.1) is 23.7 Å². The van der Waals surface area contributed by atoms with Crippen LogP contribution in [0.25, 0.3) is 11.0 Å². The maximum atomic E-state index is 11.1. The molecule has 0 radical (unpaired) electrons. The summed E-state index contributed by atoms with van der Waals surface area (Å²) in [5, 5.41) is 18.2. The highest BCUT2D eigenvalue weighted by atomic mass is 16.5. The van der Waals surface area contributed by atoms with Crippen LogP contribution in [0.1, 0.15) is 33.7 Å². The van der Waals surface area contributed by atoms with Crippen LogP contribution < -0.4 is 14.2 Å². The summed E-state index contributed by atoms with van der Waals surface area (Å²) >= 11 is 0. The number of methoxy groups -OCH3 is 1. The largest absolute Gasteiger partial charge is 0.497 e. The second kappa shape index (κ2) is 10.8. The Kier molecular flexibility index (Phi) is 7.39. The van der Waals surface area contributed by atoms with Crippen LogP contribution in [-0.4, -0.2) is 38.8 Å². The van der Waals surface area contributed by atoms with E-state index >= 15 is 0 Å². The molecule has 0 aliphatic heterocycles. The molecule has 9 nitrogen and oxygen atoms in total. The molecule has 4 rings (SSSR count). The zero-order valence-corrected chi connectivity index (χ0v) is 19.9. The number of ether oxygens (including phenoxy) is 3. The second-order valence-corrected chi connectivity index (χ2v) is 8.18. The van der Waals surface area contributed by atoms with Gasteiger partial charge in [-0.25, -0.2) is 9.78 Å². The standard InChI is InChI=1S/C27H26N2O7/c1-29-23-13-20(34-2)10-11-22(23)28-25(29)16-35-21-9-7-18(8-12-26(30)31)24(14-21)36-15-17-3-5-19(6-4-17)27(32)33/h3-7,9-11,13-14H,8,12,15-16H2,1-2H3,(H,30,31)(H,32,33). The first kappa shape index (κ1) is 24.6. The van der Waals surface area contributed by atoms with Crippen LogP contribution >= 0.6 is 0 Å². The van der Waals surface area contributed by atoms with Crippen molar-refractivity contribution >= 4 is 23.0 Å². The van der Waals surface area contributed by atoms with Gasteiger partial charge in [-0.1, -0.05) is 18.2 Å². The van der Waals surface area contributed by atoms with E-state index in [0.717, 1.165) is 33.7 Å². The van der Waals surface area contributed by atoms with Gasteiger partial charge in [-0.05, 0) is 47.9 Å². The number of fused-ring (bicyclic) bond motifs is 1. The average molecular weight is 491 g/mol. The Labute approximate surface area is 207 Å². The predicted octanol–water partition coefficient (Wildman–Crippen LogP) is 4.46. The van der Waals surface area contributed by atoms with Gasteiger partial charge in [0.2, 0.25) is 0 Å². The Balaban J connectivity index is 1.50. The first-order valence-corrected chi connectivity index (χ1v) is 11.3. The van der Waals surface area contributed by atoms with Gasteiger partial charge in [0, 0.05) is 25.6 Å². The van der Waals surface area contributed by atoms with E-state index in [1.165, 1.54) is 12.1 Å². The van der Waals surface area contributed by atoms with E-state index in [0.29, 0.717) is 17.9 Å². The maximum Gasteiger partial charge on any atom is 0.335 e. The monoisotopic (exact) mass is 490 g/mol. The molecule has 0 spiro atoms. The molecule has 36 heavy (non-hydrogen) atoms. The lowest BCUT2D eigenvalue weighted by atomic mass is 10.1. The number of aromatic carboxylic acids is 1. The number of hydrogen-bond donors (Lipinski definition) is 2. The fourth-order valence-electron chi connectivity index (χ4n) is 3.74. The number of nitrogens with zero attached hydrogens (tertiary/aromatic N) is 2. The number of imidazole rings is 1. The van der Waals surface area contributed by atoms with E-state index in [2.05, 4.69) is 4.98 Å². The van der Waals surface area contributed by atoms with Crippen molar-refractivity contribution in [1.82, 2.24) is 9.55 Å². The zero-order valence-electron chi connectivity index (χ0n) is 19.9. The van der Waals surface area contributed by atoms with E-state index in [4.69, 9.17) is 24.4 Å². The summed E-state index contributed by atoms with van der Waals surface area (Å²) in [4.78, 5) is 26.8. The quantitative estimate of drug-likeness (QED) is 0.316. The van der Waals surface area contributed by atoms with Gasteiger partial charge >= 0.3 is 11.9 Å². The van der Waals surface area contributed by atoms with Crippen LogP contribution in [0, 0.1) is 0 Å². The molecule has 0 unspecified atom stereocenters. The molecule has 2 N–H and O–H groups in total. The lowest BCUT2D eigenvalue weighted by Gasteiger charge is -2.14. The van der Waals surface area contributed by atoms with Gasteiger partial charge < -0.3 is 29.0 Å². The lowest BCUT2D eigenvalue weighted by molar-refractivity contribution is -0.136. The van der Waals surface area contributed by atoms with Crippen molar-refractivity contribution in [3.8, 4) is 17.2 Å². The molecule has 0 atom stereocenters. The smallest absolute Gasteiger partial charge is 0.335 e. The van der Waals surface area contributed by atoms with Gasteiger partial charge in [0.1, 0.15) is 36.3 Å². The predicted molar refractivity (Wildman–Crippen MR) is 132 cm³/mol. The Morgan fingerprint density at radius 1 is 0.917 bits per heavy atom. The molecule has 1 heterocycles. The highest BCUT2D eigenvalue weighted by Gasteiger charge is 2.12. The summed E-state index contributed by atoms with van der Waals surface area (Å²) in [7, 11) is 3.53. The molecule has 0 amide bonds. The van der Waals surface area contributed by atoms with E-state index in [1.54, 1.807) is 37.4 Å². The van der Waals surface area contributed by atoms with Crippen LogP contribution in [0.15, 0.2) is 60.7 Å². The topological polar surface area (TPSA) is 120 Å². The number of carboxylic acids is 2. The van der Waals surface area contributed by atoms with Crippen molar-refractivity contribution in [1.29, 1.82) is 0 Å². The molecule has 3 aromatic carbocycles. The number of hydrogen-bond acceptors (Lipinski definition) is 6. The molecular formula is C27H26N2O7. The summed E-state index contributed by atoms with van der Waals surface area (Å²) in [6.07, 6.45) is 0.267. The molecule has 186 valence electrons. The maximum absolute atomic E-state index is 11.1. The normalized spacial score (nSPS) is 10.8. The van der Waals surface area contributed by atoms with Crippen molar-refractivity contribution < 1.29 is 34.0 Å². The number of carboxylic acid groups (broad SMARTS) is 2. The molecule has 4 aromatic rings. The minimum Gasteiger partial charge on any atom is -0.497 e. The third kappa shape index (κ3) is 5.75. The fourth-order valence-corrected chi connectivity index (χ4v) is 3.74. The molecule has 1 aromatic heterocycles. The van der Waals surface area contributed by atoms with Crippen LogP contribution in [0.4, 0.5) is 0 Å². The third-order valence-corrected chi connectivity index (χ3v) is 5.79. The van der Waals surface area contributed by atoms with Gasteiger partial charge in [-0.2, -0.15) is 0 Å². The fraction of sp³-hybridized carbons (Fsp3) is 0.222. The molecule has 0 aliphatic carbocycles. The summed E-state index contributed by atoms with van der Waals surface area (Å²) in [6, 6.07) is 17.4. The highest BCUT2D eigenvalue weighted by molar-refractivity contribution is 5.87. The van der Waals surface area contributed by atoms with Gasteiger partial charge in [0.25, 0.3) is 0 Å². The molecular weight excluding hydrogens is 464 g/mol. The van der Waals surface area contributed by atoms with Gasteiger partial charge in [-0.3, -0.25) is 4.79 Å². The minimum absolute atomic E-state index is 0.0345. The van der Waals surface area contributed by atoms with Crippen LogP contribution in [0.5, 0.6) is 17.2 Å². The Morgan fingerprint density at radius 3 is 2.36 bits per heavy atom. The molecule has 0 saturated heterocycles. The lowest BCUT2D eigenvalue weighted by Crippen LogP contribution is -2.05. The number of aliphatic carboxylic acids is 1. The first-order valence-electron chi connectivity index (χ1n) is 11.3. The molecule has 0 fully saturated rings. The van der Waals surface area contributed by atoms with Crippen molar-refractivity contribution in [3.05, 3.63) is 83.2 Å². The van der Waals surface area contributed by atoms with E-state index in [9.17, 15) is 9.59 Å². The van der Waals surface area contributed by atoms with Gasteiger partial charge in [-0.15, -0.1) is 0 Å². The zero-order chi connectivity index (χ0) is 25.7. The Morgan fingerprint density at radius 2 is 1.67 bits per heavy atom. The number of aryl methyl sites for hydroxylation is 2. The summed E-state index contributed by atoms with van der Waals surface area (Å²) < 4.78 is 19.2. The van der Waals surface area contributed by atoms with E-state index in [1.807, 2.05) is 29.8 Å². The molecule has 0 bridgehead atoms. The Bertz CT molecular complexity index is 1390. The second-order valence-electron chi connectivity index (χ2n) is 8.18. The van der Waals surface area contributed by atoms with Crippen LogP contribution in [0.3, 0.4) is 0 Å². The number of carbonyl (C=O) groups is 2. The third-order valence-electron chi connectivity index (χ3n) is 5.79. The van der Waals surface area contributed by atoms with E-state index in [-0.39, 0.29) is 25.2 Å². The van der Waals surface area contributed by atoms with Crippen molar-refractivity contribution in [2.75, 3.05) is 7.11 Å². The van der Waals surface area contributed by atoms with Crippen molar-refractivity contribution in [3.63, 3.8) is 0 Å². The van der Waals surface area contributed by atoms with Crippen LogP contribution in [0.2, 0.25) is 0 Å². The molecule has 0 aliphatic rings. The van der Waals surface area contributed by atoms with Crippen molar-refractivity contribution in [2.45, 2.75) is 26.1 Å². The van der Waals surface area contributed by atoms with E-state index < -0.39 is 11.9 Å². The molecule has 9 heteroatoms. The minimum atomic E-state index is -0.997. The number of rotatable bonds is 11. The molecule has 0 saturated carbocycles. The summed E-state index contributed by atoms with van der Waals surface area (Å²) in [6.45, 7) is 0.411. The Hall–Kier alpha value is -4.53.